The van der Waals surface area contributed by atoms with E-state index >= 15 is 0 Å². The van der Waals surface area contributed by atoms with Gasteiger partial charge >= 0.3 is 0 Å². The average Bonchev–Trinajstić information content (AvgIpc) is 2.78. The van der Waals surface area contributed by atoms with Gasteiger partial charge in [0.15, 0.2) is 6.61 Å². The SMILES string of the molecule is COc1ccc(CCC(=O)N2CCN(C(=O)COc3ccc(Cl)c(C)c3)CC2)cc1. The second-order valence-electron chi connectivity index (χ2n) is 7.31. The van der Waals surface area contributed by atoms with E-state index in [1.807, 2.05) is 42.2 Å². The highest BCUT2D eigenvalue weighted by Gasteiger charge is 2.24. The Balaban J connectivity index is 1.40. The maximum atomic E-state index is 12.5. The number of hydrogen-bond donors (Lipinski definition) is 0. The zero-order chi connectivity index (χ0) is 21.5. The molecular formula is C23H27ClN2O4. The number of piperazine rings is 1. The Morgan fingerprint density at radius 2 is 1.53 bits per heavy atom. The molecule has 3 rings (SSSR count). The van der Waals surface area contributed by atoms with Crippen LogP contribution in [-0.4, -0.2) is 61.5 Å². The molecule has 2 amide bonds. The van der Waals surface area contributed by atoms with Gasteiger partial charge in [0, 0.05) is 37.6 Å². The van der Waals surface area contributed by atoms with Crippen LogP contribution in [-0.2, 0) is 16.0 Å². The molecule has 0 spiro atoms. The maximum Gasteiger partial charge on any atom is 0.260 e. The summed E-state index contributed by atoms with van der Waals surface area (Å²) in [4.78, 5) is 28.5. The summed E-state index contributed by atoms with van der Waals surface area (Å²) >= 11 is 6.01. The molecule has 0 atom stereocenters. The van der Waals surface area contributed by atoms with E-state index in [4.69, 9.17) is 21.1 Å². The Morgan fingerprint density at radius 3 is 2.13 bits per heavy atom. The molecular weight excluding hydrogens is 404 g/mol. The molecule has 2 aromatic rings. The summed E-state index contributed by atoms with van der Waals surface area (Å²) in [6, 6.07) is 13.1. The maximum absolute atomic E-state index is 12.5. The summed E-state index contributed by atoms with van der Waals surface area (Å²) in [5, 5.41) is 0.668. The van der Waals surface area contributed by atoms with E-state index in [9.17, 15) is 9.59 Å². The van der Waals surface area contributed by atoms with E-state index in [2.05, 4.69) is 0 Å². The number of rotatable bonds is 7. The van der Waals surface area contributed by atoms with Gasteiger partial charge in [-0.1, -0.05) is 23.7 Å². The summed E-state index contributed by atoms with van der Waals surface area (Å²) in [6.07, 6.45) is 1.15. The van der Waals surface area contributed by atoms with Crippen molar-refractivity contribution < 1.29 is 19.1 Å². The first-order chi connectivity index (χ1) is 14.5. The van der Waals surface area contributed by atoms with E-state index in [0.29, 0.717) is 49.8 Å². The van der Waals surface area contributed by atoms with Crippen LogP contribution >= 0.6 is 11.6 Å². The number of hydrogen-bond acceptors (Lipinski definition) is 4. The topological polar surface area (TPSA) is 59.1 Å². The van der Waals surface area contributed by atoms with Gasteiger partial charge in [-0.05, 0) is 54.8 Å². The zero-order valence-corrected chi connectivity index (χ0v) is 18.2. The molecule has 2 aromatic carbocycles. The molecule has 1 aliphatic rings. The van der Waals surface area contributed by atoms with Crippen LogP contribution < -0.4 is 9.47 Å². The van der Waals surface area contributed by atoms with Gasteiger partial charge in [-0.2, -0.15) is 0 Å². The third kappa shape index (κ3) is 5.89. The number of carbonyl (C=O) groups is 2. The van der Waals surface area contributed by atoms with Crippen LogP contribution in [0.5, 0.6) is 11.5 Å². The molecule has 160 valence electrons. The van der Waals surface area contributed by atoms with Crippen molar-refractivity contribution in [1.82, 2.24) is 9.80 Å². The minimum atomic E-state index is -0.0760. The normalized spacial score (nSPS) is 13.8. The van der Waals surface area contributed by atoms with Crippen LogP contribution in [0.4, 0.5) is 0 Å². The predicted octanol–water partition coefficient (Wildman–Crippen LogP) is 3.34. The minimum absolute atomic E-state index is 0.0213. The van der Waals surface area contributed by atoms with E-state index < -0.39 is 0 Å². The Kier molecular flexibility index (Phi) is 7.57. The number of halogens is 1. The fourth-order valence-electron chi connectivity index (χ4n) is 3.35. The standard InChI is InChI=1S/C23H27ClN2O4/c1-17-15-20(8-9-21(17)24)30-16-23(28)26-13-11-25(12-14-26)22(27)10-5-18-3-6-19(29-2)7-4-18/h3-4,6-9,15H,5,10-14,16H2,1-2H3. The van der Waals surface area contributed by atoms with Crippen LogP contribution in [0.15, 0.2) is 42.5 Å². The molecule has 1 aliphatic heterocycles. The lowest BCUT2D eigenvalue weighted by atomic mass is 10.1. The molecule has 7 heteroatoms. The van der Waals surface area contributed by atoms with E-state index in [0.717, 1.165) is 16.9 Å². The van der Waals surface area contributed by atoms with Gasteiger partial charge in [-0.25, -0.2) is 0 Å². The van der Waals surface area contributed by atoms with Crippen LogP contribution in [0, 0.1) is 6.92 Å². The van der Waals surface area contributed by atoms with Crippen molar-refractivity contribution in [1.29, 1.82) is 0 Å². The number of methoxy groups -OCH3 is 1. The highest BCUT2D eigenvalue weighted by atomic mass is 35.5. The van der Waals surface area contributed by atoms with E-state index in [1.54, 1.807) is 24.1 Å². The first-order valence-electron chi connectivity index (χ1n) is 10.0. The number of aryl methyl sites for hydroxylation is 2. The number of amides is 2. The van der Waals surface area contributed by atoms with Crippen LogP contribution in [0.1, 0.15) is 17.5 Å². The van der Waals surface area contributed by atoms with Gasteiger partial charge < -0.3 is 19.3 Å². The van der Waals surface area contributed by atoms with Crippen molar-refractivity contribution in [3.63, 3.8) is 0 Å². The molecule has 1 fully saturated rings. The highest BCUT2D eigenvalue weighted by molar-refractivity contribution is 6.31. The molecule has 0 N–H and O–H groups in total. The van der Waals surface area contributed by atoms with Crippen molar-refractivity contribution >= 4 is 23.4 Å². The fourth-order valence-corrected chi connectivity index (χ4v) is 3.47. The lowest BCUT2D eigenvalue weighted by molar-refractivity contribution is -0.140. The summed E-state index contributed by atoms with van der Waals surface area (Å²) in [5.41, 5.74) is 2.01. The van der Waals surface area contributed by atoms with Gasteiger partial charge in [0.05, 0.1) is 7.11 Å². The summed E-state index contributed by atoms with van der Waals surface area (Å²) in [6.45, 7) is 4.01. The van der Waals surface area contributed by atoms with Crippen LogP contribution in [0.3, 0.4) is 0 Å². The van der Waals surface area contributed by atoms with E-state index in [-0.39, 0.29) is 18.4 Å². The van der Waals surface area contributed by atoms with Crippen LogP contribution in [0.25, 0.3) is 0 Å². The molecule has 0 unspecified atom stereocenters. The second kappa shape index (κ2) is 10.3. The van der Waals surface area contributed by atoms with Crippen molar-refractivity contribution in [2.45, 2.75) is 19.8 Å². The largest absolute Gasteiger partial charge is 0.497 e. The molecule has 0 aromatic heterocycles. The number of ether oxygens (including phenoxy) is 2. The monoisotopic (exact) mass is 430 g/mol. The Labute approximate surface area is 182 Å². The molecule has 0 bridgehead atoms. The number of carbonyl (C=O) groups excluding carboxylic acids is 2. The third-order valence-electron chi connectivity index (χ3n) is 5.26. The summed E-state index contributed by atoms with van der Waals surface area (Å²) in [5.74, 6) is 1.47. The lowest BCUT2D eigenvalue weighted by Gasteiger charge is -2.34. The molecule has 6 nitrogen and oxygen atoms in total. The first kappa shape index (κ1) is 22.0. The van der Waals surface area contributed by atoms with Gasteiger partial charge in [0.2, 0.25) is 5.91 Å². The Bertz CT molecular complexity index is 877. The average molecular weight is 431 g/mol. The van der Waals surface area contributed by atoms with Crippen molar-refractivity contribution in [2.24, 2.45) is 0 Å². The van der Waals surface area contributed by atoms with E-state index in [1.165, 1.54) is 0 Å². The number of nitrogens with zero attached hydrogens (tertiary/aromatic N) is 2. The molecule has 0 radical (unpaired) electrons. The predicted molar refractivity (Wildman–Crippen MR) is 116 cm³/mol. The summed E-state index contributed by atoms with van der Waals surface area (Å²) < 4.78 is 10.7. The van der Waals surface area contributed by atoms with Crippen molar-refractivity contribution in [3.05, 3.63) is 58.6 Å². The lowest BCUT2D eigenvalue weighted by Crippen LogP contribution is -2.51. The fraction of sp³-hybridized carbons (Fsp3) is 0.391. The molecule has 1 heterocycles. The summed E-state index contributed by atoms with van der Waals surface area (Å²) in [7, 11) is 1.63. The van der Waals surface area contributed by atoms with Gasteiger partial charge in [-0.3, -0.25) is 9.59 Å². The van der Waals surface area contributed by atoms with Crippen molar-refractivity contribution in [2.75, 3.05) is 39.9 Å². The smallest absolute Gasteiger partial charge is 0.260 e. The van der Waals surface area contributed by atoms with Crippen molar-refractivity contribution in [3.8, 4) is 11.5 Å². The Morgan fingerprint density at radius 1 is 0.933 bits per heavy atom. The highest BCUT2D eigenvalue weighted by Crippen LogP contribution is 2.21. The first-order valence-corrected chi connectivity index (χ1v) is 10.4. The molecule has 0 saturated carbocycles. The van der Waals surface area contributed by atoms with Gasteiger partial charge in [-0.15, -0.1) is 0 Å². The molecule has 0 aliphatic carbocycles. The second-order valence-corrected chi connectivity index (χ2v) is 7.72. The quantitative estimate of drug-likeness (QED) is 0.676. The minimum Gasteiger partial charge on any atom is -0.497 e. The van der Waals surface area contributed by atoms with Gasteiger partial charge in [0.1, 0.15) is 11.5 Å². The Hall–Kier alpha value is -2.73. The third-order valence-corrected chi connectivity index (χ3v) is 5.69. The zero-order valence-electron chi connectivity index (χ0n) is 17.4. The van der Waals surface area contributed by atoms with Crippen LogP contribution in [0.2, 0.25) is 5.02 Å². The van der Waals surface area contributed by atoms with Gasteiger partial charge in [0.25, 0.3) is 5.91 Å². The molecule has 30 heavy (non-hydrogen) atoms. The number of benzene rings is 2. The molecule has 1 saturated heterocycles.